The molecule has 1 aliphatic rings. The summed E-state index contributed by atoms with van der Waals surface area (Å²) in [5.41, 5.74) is 3.05. The molecule has 0 bridgehead atoms. The maximum atomic E-state index is 13.2. The molecule has 0 fully saturated rings. The van der Waals surface area contributed by atoms with Gasteiger partial charge in [-0.05, 0) is 42.2 Å². The number of fused-ring (bicyclic) bond motifs is 1. The van der Waals surface area contributed by atoms with Crippen molar-refractivity contribution in [2.75, 3.05) is 13.1 Å². The van der Waals surface area contributed by atoms with Gasteiger partial charge in [0.1, 0.15) is 5.82 Å². The SMILES string of the molecule is CCN(C(C)c1ccc(F)cc1)S(=O)(=O)N1CCc2ccccc2C1. The molecule has 0 aromatic heterocycles. The number of nitrogens with zero attached hydrogens (tertiary/aromatic N) is 2. The Hall–Kier alpha value is -1.76. The number of hydrogen-bond donors (Lipinski definition) is 0. The Morgan fingerprint density at radius 2 is 1.76 bits per heavy atom. The lowest BCUT2D eigenvalue weighted by Crippen LogP contribution is -2.46. The van der Waals surface area contributed by atoms with Crippen LogP contribution in [0.15, 0.2) is 48.5 Å². The molecule has 4 nitrogen and oxygen atoms in total. The van der Waals surface area contributed by atoms with Crippen LogP contribution in [0, 0.1) is 5.82 Å². The fourth-order valence-electron chi connectivity index (χ4n) is 3.36. The summed E-state index contributed by atoms with van der Waals surface area (Å²) in [5, 5.41) is 0. The lowest BCUT2D eigenvalue weighted by molar-refractivity contribution is 0.296. The fourth-order valence-corrected chi connectivity index (χ4v) is 5.13. The first-order valence-electron chi connectivity index (χ1n) is 8.52. The Bertz CT molecular complexity index is 837. The minimum Gasteiger partial charge on any atom is -0.207 e. The second-order valence-corrected chi connectivity index (χ2v) is 8.17. The molecule has 0 spiro atoms. The van der Waals surface area contributed by atoms with Crippen molar-refractivity contribution in [2.45, 2.75) is 32.9 Å². The highest BCUT2D eigenvalue weighted by atomic mass is 32.2. The fraction of sp³-hybridized carbons (Fsp3) is 0.368. The quantitative estimate of drug-likeness (QED) is 0.817. The molecular weight excluding hydrogens is 339 g/mol. The van der Waals surface area contributed by atoms with Crippen molar-refractivity contribution in [3.8, 4) is 0 Å². The molecule has 25 heavy (non-hydrogen) atoms. The smallest absolute Gasteiger partial charge is 0.207 e. The van der Waals surface area contributed by atoms with Gasteiger partial charge in [0.15, 0.2) is 0 Å². The van der Waals surface area contributed by atoms with E-state index >= 15 is 0 Å². The molecule has 1 aliphatic heterocycles. The van der Waals surface area contributed by atoms with Gasteiger partial charge in [0.05, 0.1) is 0 Å². The van der Waals surface area contributed by atoms with E-state index in [4.69, 9.17) is 0 Å². The normalized spacial score (nSPS) is 16.6. The molecule has 0 amide bonds. The molecule has 2 aromatic rings. The molecule has 0 radical (unpaired) electrons. The van der Waals surface area contributed by atoms with Crippen LogP contribution in [-0.2, 0) is 23.2 Å². The predicted molar refractivity (Wildman–Crippen MR) is 96.7 cm³/mol. The molecule has 1 atom stereocenters. The average Bonchev–Trinajstić information content (AvgIpc) is 2.62. The van der Waals surface area contributed by atoms with Crippen LogP contribution in [-0.4, -0.2) is 30.1 Å². The number of halogens is 1. The second kappa shape index (κ2) is 7.23. The summed E-state index contributed by atoms with van der Waals surface area (Å²) in [4.78, 5) is 0. The maximum absolute atomic E-state index is 13.2. The van der Waals surface area contributed by atoms with Gasteiger partial charge in [0.25, 0.3) is 10.2 Å². The van der Waals surface area contributed by atoms with E-state index in [9.17, 15) is 12.8 Å². The second-order valence-electron chi connectivity index (χ2n) is 6.29. The van der Waals surface area contributed by atoms with Gasteiger partial charge in [-0.25, -0.2) is 4.39 Å². The Balaban J connectivity index is 1.85. The van der Waals surface area contributed by atoms with E-state index in [2.05, 4.69) is 6.07 Å². The average molecular weight is 362 g/mol. The van der Waals surface area contributed by atoms with Gasteiger partial charge in [0.2, 0.25) is 0 Å². The number of rotatable bonds is 5. The first-order chi connectivity index (χ1) is 11.9. The van der Waals surface area contributed by atoms with E-state index in [1.54, 1.807) is 16.4 Å². The van der Waals surface area contributed by atoms with Gasteiger partial charge < -0.3 is 0 Å². The zero-order chi connectivity index (χ0) is 18.0. The van der Waals surface area contributed by atoms with E-state index in [0.717, 1.165) is 17.5 Å². The minimum atomic E-state index is -3.60. The van der Waals surface area contributed by atoms with Crippen LogP contribution in [0.4, 0.5) is 4.39 Å². The highest BCUT2D eigenvalue weighted by molar-refractivity contribution is 7.86. The molecule has 0 saturated carbocycles. The van der Waals surface area contributed by atoms with Crippen molar-refractivity contribution in [3.63, 3.8) is 0 Å². The highest BCUT2D eigenvalue weighted by Gasteiger charge is 2.34. The number of benzene rings is 2. The summed E-state index contributed by atoms with van der Waals surface area (Å²) >= 11 is 0. The van der Waals surface area contributed by atoms with Crippen molar-refractivity contribution in [1.82, 2.24) is 8.61 Å². The topological polar surface area (TPSA) is 40.6 Å². The van der Waals surface area contributed by atoms with Crippen LogP contribution in [0.2, 0.25) is 0 Å². The van der Waals surface area contributed by atoms with Crippen LogP contribution < -0.4 is 0 Å². The highest BCUT2D eigenvalue weighted by Crippen LogP contribution is 2.28. The van der Waals surface area contributed by atoms with Crippen molar-refractivity contribution in [2.24, 2.45) is 0 Å². The standard InChI is InChI=1S/C19H23FN2O2S/c1-3-22(15(2)16-8-10-19(20)11-9-16)25(23,24)21-13-12-17-6-4-5-7-18(17)14-21/h4-11,15H,3,12-14H2,1-2H3. The lowest BCUT2D eigenvalue weighted by atomic mass is 10.0. The van der Waals surface area contributed by atoms with Crippen LogP contribution >= 0.6 is 0 Å². The summed E-state index contributed by atoms with van der Waals surface area (Å²) in [6.45, 7) is 4.90. The van der Waals surface area contributed by atoms with E-state index < -0.39 is 10.2 Å². The van der Waals surface area contributed by atoms with Crippen LogP contribution in [0.1, 0.15) is 36.6 Å². The van der Waals surface area contributed by atoms with Gasteiger partial charge in [-0.1, -0.05) is 43.3 Å². The molecule has 1 unspecified atom stereocenters. The molecule has 1 heterocycles. The van der Waals surface area contributed by atoms with Gasteiger partial charge in [-0.2, -0.15) is 17.0 Å². The largest absolute Gasteiger partial charge is 0.282 e. The summed E-state index contributed by atoms with van der Waals surface area (Å²) < 4.78 is 42.6. The molecule has 0 aliphatic carbocycles. The Morgan fingerprint density at radius 3 is 2.40 bits per heavy atom. The zero-order valence-electron chi connectivity index (χ0n) is 14.5. The lowest BCUT2D eigenvalue weighted by Gasteiger charge is -2.35. The molecule has 0 N–H and O–H groups in total. The van der Waals surface area contributed by atoms with Gasteiger partial charge in [-0.3, -0.25) is 0 Å². The first-order valence-corrected chi connectivity index (χ1v) is 9.92. The molecule has 3 rings (SSSR count). The third-order valence-corrected chi connectivity index (χ3v) is 6.95. The van der Waals surface area contributed by atoms with Crippen LogP contribution in [0.25, 0.3) is 0 Å². The molecule has 0 saturated heterocycles. The third-order valence-electron chi connectivity index (χ3n) is 4.81. The van der Waals surface area contributed by atoms with E-state index in [0.29, 0.717) is 19.6 Å². The van der Waals surface area contributed by atoms with Crippen molar-refractivity contribution < 1.29 is 12.8 Å². The third kappa shape index (κ3) is 3.61. The molecule has 134 valence electrons. The zero-order valence-corrected chi connectivity index (χ0v) is 15.3. The van der Waals surface area contributed by atoms with Crippen LogP contribution in [0.3, 0.4) is 0 Å². The maximum Gasteiger partial charge on any atom is 0.282 e. The predicted octanol–water partition coefficient (Wildman–Crippen LogP) is 3.51. The van der Waals surface area contributed by atoms with Crippen molar-refractivity contribution in [3.05, 3.63) is 71.0 Å². The van der Waals surface area contributed by atoms with E-state index in [1.807, 2.05) is 32.0 Å². The summed E-state index contributed by atoms with van der Waals surface area (Å²) in [6, 6.07) is 13.6. The molecule has 6 heteroatoms. The van der Waals surface area contributed by atoms with Gasteiger partial charge >= 0.3 is 0 Å². The monoisotopic (exact) mass is 362 g/mol. The molecular formula is C19H23FN2O2S. The summed E-state index contributed by atoms with van der Waals surface area (Å²) in [6.07, 6.45) is 0.720. The summed E-state index contributed by atoms with van der Waals surface area (Å²) in [5.74, 6) is -0.325. The van der Waals surface area contributed by atoms with Gasteiger partial charge in [-0.15, -0.1) is 0 Å². The van der Waals surface area contributed by atoms with Crippen molar-refractivity contribution >= 4 is 10.2 Å². The van der Waals surface area contributed by atoms with E-state index in [1.165, 1.54) is 22.0 Å². The number of hydrogen-bond acceptors (Lipinski definition) is 2. The first kappa shape index (κ1) is 18.0. The Labute approximate surface area is 149 Å². The molecule has 2 aromatic carbocycles. The van der Waals surface area contributed by atoms with Gasteiger partial charge in [0, 0.05) is 25.7 Å². The van der Waals surface area contributed by atoms with E-state index in [-0.39, 0.29) is 11.9 Å². The minimum absolute atomic E-state index is 0.325. The Morgan fingerprint density at radius 1 is 1.12 bits per heavy atom. The van der Waals surface area contributed by atoms with Crippen LogP contribution in [0.5, 0.6) is 0 Å². The summed E-state index contributed by atoms with van der Waals surface area (Å²) in [7, 11) is -3.60. The Kier molecular flexibility index (Phi) is 5.22. The van der Waals surface area contributed by atoms with Crippen molar-refractivity contribution in [1.29, 1.82) is 0 Å².